The van der Waals surface area contributed by atoms with Crippen LogP contribution in [0.15, 0.2) is 46.9 Å². The summed E-state index contributed by atoms with van der Waals surface area (Å²) >= 11 is 3.26. The van der Waals surface area contributed by atoms with Gasteiger partial charge in [-0.05, 0) is 49.4 Å². The second-order valence-corrected chi connectivity index (χ2v) is 7.72. The molecule has 136 valence electrons. The van der Waals surface area contributed by atoms with Gasteiger partial charge in [-0.25, -0.2) is 0 Å². The van der Waals surface area contributed by atoms with Crippen molar-refractivity contribution in [2.75, 3.05) is 12.4 Å². The lowest BCUT2D eigenvalue weighted by molar-refractivity contribution is -0.143. The number of esters is 1. The van der Waals surface area contributed by atoms with Gasteiger partial charge in [0.05, 0.1) is 17.2 Å². The van der Waals surface area contributed by atoms with Crippen molar-refractivity contribution >= 4 is 29.1 Å². The van der Waals surface area contributed by atoms with E-state index in [1.165, 1.54) is 5.56 Å². The number of rotatable bonds is 8. The van der Waals surface area contributed by atoms with Gasteiger partial charge in [-0.2, -0.15) is 0 Å². The SMILES string of the molecule is CCOC(=O)CCCSc1nnc(-c2cccs2)n1-c1cccc(C)c1. The topological polar surface area (TPSA) is 57.0 Å². The van der Waals surface area contributed by atoms with Crippen LogP contribution in [0.3, 0.4) is 0 Å². The first-order valence-corrected chi connectivity index (χ1v) is 10.4. The largest absolute Gasteiger partial charge is 0.466 e. The first-order chi connectivity index (χ1) is 12.7. The highest BCUT2D eigenvalue weighted by molar-refractivity contribution is 7.99. The molecule has 2 aromatic heterocycles. The van der Waals surface area contributed by atoms with Crippen LogP contribution in [0.2, 0.25) is 0 Å². The summed E-state index contributed by atoms with van der Waals surface area (Å²) in [5.74, 6) is 1.48. The molecule has 0 atom stereocenters. The van der Waals surface area contributed by atoms with Crippen LogP contribution >= 0.6 is 23.1 Å². The van der Waals surface area contributed by atoms with Crippen molar-refractivity contribution in [2.45, 2.75) is 31.8 Å². The summed E-state index contributed by atoms with van der Waals surface area (Å²) in [5.41, 5.74) is 2.23. The number of nitrogens with zero attached hydrogens (tertiary/aromatic N) is 3. The molecule has 0 radical (unpaired) electrons. The Kier molecular flexibility index (Phi) is 6.46. The minimum Gasteiger partial charge on any atom is -0.466 e. The lowest BCUT2D eigenvalue weighted by Gasteiger charge is -2.10. The Labute approximate surface area is 161 Å². The molecule has 0 saturated carbocycles. The van der Waals surface area contributed by atoms with E-state index in [9.17, 15) is 4.79 Å². The third-order valence-electron chi connectivity index (χ3n) is 3.70. The first kappa shape index (κ1) is 18.7. The fraction of sp³-hybridized carbons (Fsp3) is 0.316. The van der Waals surface area contributed by atoms with E-state index in [0.717, 1.165) is 33.7 Å². The average Bonchev–Trinajstić information content (AvgIpc) is 3.28. The standard InChI is InChI=1S/C19H21N3O2S2/c1-3-24-17(23)10-6-12-26-19-21-20-18(16-9-5-11-25-16)22(19)15-8-4-7-14(2)13-15/h4-5,7-9,11,13H,3,6,10,12H2,1-2H3. The van der Waals surface area contributed by atoms with E-state index in [-0.39, 0.29) is 5.97 Å². The number of thiophene rings is 1. The Bertz CT molecular complexity index is 860. The van der Waals surface area contributed by atoms with Crippen molar-refractivity contribution in [3.63, 3.8) is 0 Å². The number of ether oxygens (including phenoxy) is 1. The number of carbonyl (C=O) groups is 1. The first-order valence-electron chi connectivity index (χ1n) is 8.53. The molecule has 0 amide bonds. The van der Waals surface area contributed by atoms with Gasteiger partial charge < -0.3 is 4.74 Å². The number of hydrogen-bond acceptors (Lipinski definition) is 6. The van der Waals surface area contributed by atoms with Gasteiger partial charge in [0.2, 0.25) is 0 Å². The van der Waals surface area contributed by atoms with Crippen molar-refractivity contribution < 1.29 is 9.53 Å². The van der Waals surface area contributed by atoms with E-state index in [0.29, 0.717) is 13.0 Å². The molecule has 0 fully saturated rings. The number of hydrogen-bond donors (Lipinski definition) is 0. The molecular formula is C19H21N3O2S2. The van der Waals surface area contributed by atoms with E-state index in [4.69, 9.17) is 4.74 Å². The number of carbonyl (C=O) groups excluding carboxylic acids is 1. The van der Waals surface area contributed by atoms with Crippen molar-refractivity contribution in [3.8, 4) is 16.4 Å². The maximum absolute atomic E-state index is 11.5. The van der Waals surface area contributed by atoms with E-state index >= 15 is 0 Å². The number of thioether (sulfide) groups is 1. The highest BCUT2D eigenvalue weighted by Crippen LogP contribution is 2.31. The molecule has 0 aliphatic rings. The van der Waals surface area contributed by atoms with Gasteiger partial charge in [-0.3, -0.25) is 9.36 Å². The van der Waals surface area contributed by atoms with Crippen LogP contribution in [-0.4, -0.2) is 33.1 Å². The molecule has 26 heavy (non-hydrogen) atoms. The van der Waals surface area contributed by atoms with Crippen molar-refractivity contribution in [3.05, 3.63) is 47.3 Å². The monoisotopic (exact) mass is 387 g/mol. The van der Waals surface area contributed by atoms with Gasteiger partial charge in [0.1, 0.15) is 0 Å². The smallest absolute Gasteiger partial charge is 0.305 e. The molecule has 7 heteroatoms. The summed E-state index contributed by atoms with van der Waals surface area (Å²) in [4.78, 5) is 12.6. The highest BCUT2D eigenvalue weighted by atomic mass is 32.2. The predicted octanol–water partition coefficient (Wildman–Crippen LogP) is 4.74. The normalized spacial score (nSPS) is 10.8. The number of aromatic nitrogens is 3. The zero-order chi connectivity index (χ0) is 18.4. The summed E-state index contributed by atoms with van der Waals surface area (Å²) in [5, 5.41) is 11.7. The van der Waals surface area contributed by atoms with E-state index in [2.05, 4.69) is 46.0 Å². The van der Waals surface area contributed by atoms with Gasteiger partial charge in [0.25, 0.3) is 0 Å². The van der Waals surface area contributed by atoms with Crippen molar-refractivity contribution in [1.82, 2.24) is 14.8 Å². The molecule has 3 rings (SSSR count). The van der Waals surface area contributed by atoms with Gasteiger partial charge >= 0.3 is 5.97 Å². The second-order valence-electron chi connectivity index (χ2n) is 5.71. The summed E-state index contributed by atoms with van der Waals surface area (Å²) < 4.78 is 7.06. The lowest BCUT2D eigenvalue weighted by Crippen LogP contribution is -2.04. The van der Waals surface area contributed by atoms with Crippen LogP contribution < -0.4 is 0 Å². The minimum absolute atomic E-state index is 0.146. The molecule has 0 spiro atoms. The Hall–Kier alpha value is -2.12. The van der Waals surface area contributed by atoms with Crippen LogP contribution in [-0.2, 0) is 9.53 Å². The summed E-state index contributed by atoms with van der Waals surface area (Å²) in [6, 6.07) is 12.4. The van der Waals surface area contributed by atoms with Gasteiger partial charge in [-0.15, -0.1) is 21.5 Å². The summed E-state index contributed by atoms with van der Waals surface area (Å²) in [6.07, 6.45) is 1.18. The van der Waals surface area contributed by atoms with Crippen LogP contribution in [0.1, 0.15) is 25.3 Å². The summed E-state index contributed by atoms with van der Waals surface area (Å²) in [6.45, 7) is 4.33. The third kappa shape index (κ3) is 4.53. The van der Waals surface area contributed by atoms with Crippen LogP contribution in [0, 0.1) is 6.92 Å². The molecule has 1 aromatic carbocycles. The highest BCUT2D eigenvalue weighted by Gasteiger charge is 2.17. The van der Waals surface area contributed by atoms with Crippen LogP contribution in [0.5, 0.6) is 0 Å². The summed E-state index contributed by atoms with van der Waals surface area (Å²) in [7, 11) is 0. The zero-order valence-corrected chi connectivity index (χ0v) is 16.5. The Balaban J connectivity index is 1.81. The van der Waals surface area contributed by atoms with E-state index < -0.39 is 0 Å². The number of benzene rings is 1. The van der Waals surface area contributed by atoms with Crippen molar-refractivity contribution in [2.24, 2.45) is 0 Å². The molecule has 0 unspecified atom stereocenters. The molecular weight excluding hydrogens is 366 g/mol. The van der Waals surface area contributed by atoms with E-state index in [1.807, 2.05) is 24.4 Å². The second kappa shape index (κ2) is 9.00. The minimum atomic E-state index is -0.146. The van der Waals surface area contributed by atoms with Gasteiger partial charge in [0, 0.05) is 12.2 Å². The van der Waals surface area contributed by atoms with Crippen molar-refractivity contribution in [1.29, 1.82) is 0 Å². The molecule has 2 heterocycles. The molecule has 5 nitrogen and oxygen atoms in total. The van der Waals surface area contributed by atoms with Gasteiger partial charge in [0.15, 0.2) is 11.0 Å². The lowest BCUT2D eigenvalue weighted by atomic mass is 10.2. The maximum Gasteiger partial charge on any atom is 0.305 e. The fourth-order valence-corrected chi connectivity index (χ4v) is 4.13. The number of aryl methyl sites for hydroxylation is 1. The Morgan fingerprint density at radius 1 is 1.27 bits per heavy atom. The zero-order valence-electron chi connectivity index (χ0n) is 14.8. The van der Waals surface area contributed by atoms with Crippen LogP contribution in [0.4, 0.5) is 0 Å². The molecule has 0 aliphatic carbocycles. The average molecular weight is 388 g/mol. The maximum atomic E-state index is 11.5. The molecule has 0 N–H and O–H groups in total. The molecule has 0 aliphatic heterocycles. The fourth-order valence-electron chi connectivity index (χ4n) is 2.54. The molecule has 0 bridgehead atoms. The Morgan fingerprint density at radius 2 is 2.15 bits per heavy atom. The van der Waals surface area contributed by atoms with E-state index in [1.54, 1.807) is 23.1 Å². The Morgan fingerprint density at radius 3 is 2.88 bits per heavy atom. The molecule has 3 aromatic rings. The van der Waals surface area contributed by atoms with Gasteiger partial charge in [-0.1, -0.05) is 30.0 Å². The quantitative estimate of drug-likeness (QED) is 0.317. The molecule has 0 saturated heterocycles. The predicted molar refractivity (Wildman–Crippen MR) is 106 cm³/mol. The third-order valence-corrected chi connectivity index (χ3v) is 5.58. The van der Waals surface area contributed by atoms with Crippen LogP contribution in [0.25, 0.3) is 16.4 Å².